The van der Waals surface area contributed by atoms with E-state index in [1.165, 1.54) is 29.0 Å². The molecule has 1 aromatic carbocycles. The minimum absolute atomic E-state index is 0.213. The van der Waals surface area contributed by atoms with Gasteiger partial charge in [-0.2, -0.15) is 13.2 Å². The highest BCUT2D eigenvalue weighted by molar-refractivity contribution is 7.12. The van der Waals surface area contributed by atoms with E-state index in [0.29, 0.717) is 16.3 Å². The van der Waals surface area contributed by atoms with E-state index in [4.69, 9.17) is 0 Å². The third-order valence-electron chi connectivity index (χ3n) is 2.61. The molecule has 0 saturated carbocycles. The normalized spacial score (nSPS) is 11.2. The van der Waals surface area contributed by atoms with Gasteiger partial charge in [-0.3, -0.25) is 4.79 Å². The summed E-state index contributed by atoms with van der Waals surface area (Å²) in [6.07, 6.45) is -4.33. The third-order valence-corrected chi connectivity index (χ3v) is 3.53. The number of hydrogen-bond acceptors (Lipinski definition) is 4. The van der Waals surface area contributed by atoms with Crippen LogP contribution in [0.5, 0.6) is 0 Å². The van der Waals surface area contributed by atoms with Crippen molar-refractivity contribution in [2.75, 3.05) is 17.2 Å². The minimum atomic E-state index is -4.33. The van der Waals surface area contributed by atoms with Crippen LogP contribution in [-0.4, -0.2) is 23.6 Å². The molecule has 8 heteroatoms. The van der Waals surface area contributed by atoms with E-state index in [2.05, 4.69) is 15.6 Å². The predicted molar refractivity (Wildman–Crippen MR) is 75.8 cm³/mol. The minimum Gasteiger partial charge on any atom is -0.375 e. The summed E-state index contributed by atoms with van der Waals surface area (Å²) in [6, 6.07) is 6.23. The average molecular weight is 315 g/mol. The molecule has 0 unspecified atom stereocenters. The molecule has 0 radical (unpaired) electrons. The van der Waals surface area contributed by atoms with Crippen molar-refractivity contribution in [1.82, 2.24) is 4.98 Å². The Bertz CT molecular complexity index is 640. The monoisotopic (exact) mass is 315 g/mol. The topological polar surface area (TPSA) is 54.0 Å². The summed E-state index contributed by atoms with van der Waals surface area (Å²) >= 11 is 1.18. The third kappa shape index (κ3) is 4.19. The van der Waals surface area contributed by atoms with Crippen molar-refractivity contribution >= 4 is 28.6 Å². The van der Waals surface area contributed by atoms with Gasteiger partial charge in [0, 0.05) is 0 Å². The van der Waals surface area contributed by atoms with Gasteiger partial charge in [0.05, 0.1) is 22.6 Å². The maximum absolute atomic E-state index is 12.3. The molecule has 1 heterocycles. The molecular weight excluding hydrogens is 303 g/mol. The molecule has 0 atom stereocenters. The number of carbonyl (C=O) groups is 1. The molecule has 112 valence electrons. The van der Waals surface area contributed by atoms with Crippen LogP contribution in [0.15, 0.2) is 29.8 Å². The average Bonchev–Trinajstić information content (AvgIpc) is 2.83. The molecule has 2 aromatic rings. The first-order chi connectivity index (χ1) is 9.87. The van der Waals surface area contributed by atoms with Crippen molar-refractivity contribution in [1.29, 1.82) is 0 Å². The Balaban J connectivity index is 2.13. The Morgan fingerprint density at radius 3 is 2.52 bits per heavy atom. The number of benzene rings is 1. The molecular formula is C13H12F3N3OS. The van der Waals surface area contributed by atoms with Gasteiger partial charge in [0.25, 0.3) is 5.91 Å². The van der Waals surface area contributed by atoms with E-state index in [1.807, 2.05) is 0 Å². The van der Waals surface area contributed by atoms with Gasteiger partial charge in [0.1, 0.15) is 11.4 Å². The van der Waals surface area contributed by atoms with Crippen LogP contribution in [0.25, 0.3) is 0 Å². The van der Waals surface area contributed by atoms with Crippen LogP contribution in [0.3, 0.4) is 0 Å². The predicted octanol–water partition coefficient (Wildman–Crippen LogP) is 3.68. The number of rotatable bonds is 4. The van der Waals surface area contributed by atoms with E-state index in [-0.39, 0.29) is 5.69 Å². The second-order valence-electron chi connectivity index (χ2n) is 4.24. The van der Waals surface area contributed by atoms with E-state index >= 15 is 0 Å². The van der Waals surface area contributed by atoms with Gasteiger partial charge in [0.2, 0.25) is 0 Å². The lowest BCUT2D eigenvalue weighted by Gasteiger charge is -2.14. The number of amides is 1. The van der Waals surface area contributed by atoms with Gasteiger partial charge in [-0.15, -0.1) is 11.3 Å². The highest BCUT2D eigenvalue weighted by Crippen LogP contribution is 2.25. The van der Waals surface area contributed by atoms with Crippen LogP contribution >= 0.6 is 11.3 Å². The number of para-hydroxylation sites is 2. The number of carbonyl (C=O) groups excluding carboxylic acids is 1. The summed E-state index contributed by atoms with van der Waals surface area (Å²) in [7, 11) is 0. The number of nitrogens with one attached hydrogen (secondary N) is 2. The summed E-state index contributed by atoms with van der Waals surface area (Å²) in [6.45, 7) is 0.526. The lowest BCUT2D eigenvalue weighted by molar-refractivity contribution is -0.115. The highest BCUT2D eigenvalue weighted by Gasteiger charge is 2.27. The number of aryl methyl sites for hydroxylation is 1. The summed E-state index contributed by atoms with van der Waals surface area (Å²) in [4.78, 5) is 16.5. The second-order valence-corrected chi connectivity index (χ2v) is 5.09. The van der Waals surface area contributed by atoms with Crippen molar-refractivity contribution in [2.45, 2.75) is 13.1 Å². The van der Waals surface area contributed by atoms with E-state index in [0.717, 1.165) is 0 Å². The molecule has 1 amide bonds. The molecule has 0 fully saturated rings. The molecule has 0 spiro atoms. The number of nitrogens with zero attached hydrogens (tertiary/aromatic N) is 1. The van der Waals surface area contributed by atoms with Crippen molar-refractivity contribution in [3.05, 3.63) is 40.3 Å². The number of halogens is 3. The lowest BCUT2D eigenvalue weighted by Crippen LogP contribution is -2.22. The van der Waals surface area contributed by atoms with E-state index in [1.54, 1.807) is 19.1 Å². The number of anilines is 2. The van der Waals surface area contributed by atoms with Crippen LogP contribution in [0, 0.1) is 6.92 Å². The first-order valence-corrected chi connectivity index (χ1v) is 6.86. The van der Waals surface area contributed by atoms with Crippen LogP contribution in [0.4, 0.5) is 24.5 Å². The van der Waals surface area contributed by atoms with Gasteiger partial charge in [-0.05, 0) is 19.1 Å². The smallest absolute Gasteiger partial charge is 0.375 e. The number of alkyl halides is 3. The van der Waals surface area contributed by atoms with Gasteiger partial charge in [-0.1, -0.05) is 12.1 Å². The van der Waals surface area contributed by atoms with Crippen molar-refractivity contribution in [2.24, 2.45) is 0 Å². The fraction of sp³-hybridized carbons (Fsp3) is 0.231. The molecule has 0 aliphatic carbocycles. The zero-order valence-corrected chi connectivity index (χ0v) is 11.8. The second kappa shape index (κ2) is 6.13. The fourth-order valence-electron chi connectivity index (χ4n) is 1.64. The first-order valence-electron chi connectivity index (χ1n) is 5.98. The molecule has 0 aliphatic heterocycles. The quantitative estimate of drug-likeness (QED) is 0.905. The molecule has 21 heavy (non-hydrogen) atoms. The summed E-state index contributed by atoms with van der Waals surface area (Å²) in [5.74, 6) is -0.392. The maximum Gasteiger partial charge on any atom is 0.405 e. The molecule has 2 rings (SSSR count). The Morgan fingerprint density at radius 1 is 1.29 bits per heavy atom. The number of hydrogen-bond donors (Lipinski definition) is 2. The highest BCUT2D eigenvalue weighted by atomic mass is 32.1. The lowest BCUT2D eigenvalue weighted by atomic mass is 10.2. The molecule has 0 aliphatic rings. The van der Waals surface area contributed by atoms with E-state index in [9.17, 15) is 18.0 Å². The van der Waals surface area contributed by atoms with Gasteiger partial charge in [0.15, 0.2) is 0 Å². The van der Waals surface area contributed by atoms with Gasteiger partial charge < -0.3 is 10.6 Å². The Hall–Kier alpha value is -2.09. The zero-order valence-electron chi connectivity index (χ0n) is 11.0. The Morgan fingerprint density at radius 2 is 1.95 bits per heavy atom. The number of aromatic nitrogens is 1. The Kier molecular flexibility index (Phi) is 4.46. The Labute approximate surface area is 123 Å². The number of thiazole rings is 1. The molecule has 4 nitrogen and oxygen atoms in total. The van der Waals surface area contributed by atoms with Gasteiger partial charge in [-0.25, -0.2) is 4.98 Å². The van der Waals surface area contributed by atoms with Gasteiger partial charge >= 0.3 is 6.18 Å². The summed E-state index contributed by atoms with van der Waals surface area (Å²) < 4.78 is 36.8. The van der Waals surface area contributed by atoms with Crippen LogP contribution in [0.1, 0.15) is 15.4 Å². The van der Waals surface area contributed by atoms with Crippen molar-refractivity contribution in [3.8, 4) is 0 Å². The van der Waals surface area contributed by atoms with Crippen LogP contribution < -0.4 is 10.6 Å². The summed E-state index contributed by atoms with van der Waals surface area (Å²) in [5.41, 5.74) is 2.63. The maximum atomic E-state index is 12.3. The zero-order chi connectivity index (χ0) is 15.5. The van der Waals surface area contributed by atoms with E-state index < -0.39 is 18.6 Å². The molecule has 0 saturated heterocycles. The molecule has 0 bridgehead atoms. The van der Waals surface area contributed by atoms with Crippen molar-refractivity contribution < 1.29 is 18.0 Å². The summed E-state index contributed by atoms with van der Waals surface area (Å²) in [5, 5.41) is 4.86. The van der Waals surface area contributed by atoms with Crippen molar-refractivity contribution in [3.63, 3.8) is 0 Å². The first kappa shape index (κ1) is 15.3. The fourth-order valence-corrected chi connectivity index (χ4v) is 2.34. The van der Waals surface area contributed by atoms with Crippen LogP contribution in [0.2, 0.25) is 0 Å². The molecule has 2 N–H and O–H groups in total. The largest absolute Gasteiger partial charge is 0.405 e. The SMILES string of the molecule is Cc1ncsc1C(=O)Nc1ccccc1NCC(F)(F)F. The van der Waals surface area contributed by atoms with Crippen LogP contribution in [-0.2, 0) is 0 Å². The standard InChI is InChI=1S/C13H12F3N3OS/c1-8-11(21-7-18-8)12(20)19-10-5-3-2-4-9(10)17-6-13(14,15)16/h2-5,7,17H,6H2,1H3,(H,19,20). The molecule has 1 aromatic heterocycles.